The van der Waals surface area contributed by atoms with E-state index >= 15 is 0 Å². The number of carbonyl (C=O) groups excluding carboxylic acids is 1. The zero-order valence-corrected chi connectivity index (χ0v) is 13.0. The standard InChI is InChI=1S/C14H12BrClN2O2/c1-20-9-3-5-13(12(17)7-9)18-14(19)8-2-4-10(15)11(16)6-8/h2-7H,17H2,1H3,(H,18,19). The first-order chi connectivity index (χ1) is 9.51. The molecular weight excluding hydrogens is 344 g/mol. The fraction of sp³-hybridized carbons (Fsp3) is 0.0714. The van der Waals surface area contributed by atoms with Crippen molar-refractivity contribution >= 4 is 44.8 Å². The molecule has 4 nitrogen and oxygen atoms in total. The molecule has 20 heavy (non-hydrogen) atoms. The zero-order valence-electron chi connectivity index (χ0n) is 10.6. The summed E-state index contributed by atoms with van der Waals surface area (Å²) in [6.07, 6.45) is 0. The van der Waals surface area contributed by atoms with Crippen LogP contribution < -0.4 is 15.8 Å². The molecule has 0 aliphatic heterocycles. The number of carbonyl (C=O) groups is 1. The van der Waals surface area contributed by atoms with Crippen LogP contribution in [0.3, 0.4) is 0 Å². The fourth-order valence-electron chi connectivity index (χ4n) is 1.61. The minimum atomic E-state index is -0.281. The van der Waals surface area contributed by atoms with E-state index in [1.54, 1.807) is 43.5 Å². The average molecular weight is 356 g/mol. The minimum Gasteiger partial charge on any atom is -0.497 e. The highest BCUT2D eigenvalue weighted by Gasteiger charge is 2.10. The number of amides is 1. The third-order valence-corrected chi connectivity index (χ3v) is 3.92. The maximum atomic E-state index is 12.1. The van der Waals surface area contributed by atoms with Gasteiger partial charge in [-0.25, -0.2) is 0 Å². The second-order valence-electron chi connectivity index (χ2n) is 4.04. The van der Waals surface area contributed by atoms with Crippen LogP contribution in [0.15, 0.2) is 40.9 Å². The van der Waals surface area contributed by atoms with Crippen LogP contribution in [0.4, 0.5) is 11.4 Å². The van der Waals surface area contributed by atoms with Gasteiger partial charge in [-0.15, -0.1) is 0 Å². The maximum absolute atomic E-state index is 12.1. The van der Waals surface area contributed by atoms with E-state index in [0.717, 1.165) is 4.47 Å². The van der Waals surface area contributed by atoms with Crippen LogP contribution in [-0.4, -0.2) is 13.0 Å². The van der Waals surface area contributed by atoms with E-state index in [2.05, 4.69) is 21.2 Å². The lowest BCUT2D eigenvalue weighted by Crippen LogP contribution is -2.13. The van der Waals surface area contributed by atoms with Crippen molar-refractivity contribution in [1.82, 2.24) is 0 Å². The van der Waals surface area contributed by atoms with Crippen LogP contribution in [0.2, 0.25) is 5.02 Å². The molecule has 2 aromatic carbocycles. The third-order valence-electron chi connectivity index (χ3n) is 2.69. The number of rotatable bonds is 3. The number of nitrogens with two attached hydrogens (primary N) is 1. The average Bonchev–Trinajstić information content (AvgIpc) is 2.43. The number of hydrogen-bond acceptors (Lipinski definition) is 3. The molecule has 0 radical (unpaired) electrons. The molecule has 0 saturated carbocycles. The van der Waals surface area contributed by atoms with Crippen molar-refractivity contribution in [3.8, 4) is 5.75 Å². The lowest BCUT2D eigenvalue weighted by molar-refractivity contribution is 0.102. The number of nitrogens with one attached hydrogen (secondary N) is 1. The molecule has 0 atom stereocenters. The predicted octanol–water partition coefficient (Wildman–Crippen LogP) is 3.95. The summed E-state index contributed by atoms with van der Waals surface area (Å²) in [5.74, 6) is 0.350. The van der Waals surface area contributed by atoms with Crippen LogP contribution in [0.25, 0.3) is 0 Å². The van der Waals surface area contributed by atoms with Crippen LogP contribution in [0.5, 0.6) is 5.75 Å². The summed E-state index contributed by atoms with van der Waals surface area (Å²) in [5.41, 5.74) is 7.26. The first-order valence-corrected chi connectivity index (χ1v) is 6.88. The molecule has 0 aliphatic carbocycles. The van der Waals surface area contributed by atoms with E-state index in [0.29, 0.717) is 27.7 Å². The van der Waals surface area contributed by atoms with Gasteiger partial charge in [-0.2, -0.15) is 0 Å². The van der Waals surface area contributed by atoms with Gasteiger partial charge in [0.25, 0.3) is 5.91 Å². The van der Waals surface area contributed by atoms with Crippen LogP contribution in [-0.2, 0) is 0 Å². The van der Waals surface area contributed by atoms with Gasteiger partial charge in [-0.1, -0.05) is 11.6 Å². The Balaban J connectivity index is 2.21. The van der Waals surface area contributed by atoms with Gasteiger partial charge in [0.15, 0.2) is 0 Å². The molecule has 0 aromatic heterocycles. The Morgan fingerprint density at radius 3 is 2.65 bits per heavy atom. The normalized spacial score (nSPS) is 10.2. The molecule has 3 N–H and O–H groups in total. The van der Waals surface area contributed by atoms with E-state index in [1.807, 2.05) is 0 Å². The largest absolute Gasteiger partial charge is 0.497 e. The number of nitrogen functional groups attached to an aromatic ring is 1. The van der Waals surface area contributed by atoms with Crippen molar-refractivity contribution in [2.45, 2.75) is 0 Å². The van der Waals surface area contributed by atoms with Gasteiger partial charge in [-0.05, 0) is 46.3 Å². The summed E-state index contributed by atoms with van der Waals surface area (Å²) in [4.78, 5) is 12.1. The molecule has 0 aliphatic rings. The van der Waals surface area contributed by atoms with Crippen molar-refractivity contribution in [1.29, 1.82) is 0 Å². The maximum Gasteiger partial charge on any atom is 0.255 e. The van der Waals surface area contributed by atoms with Crippen LogP contribution >= 0.6 is 27.5 Å². The van der Waals surface area contributed by atoms with Gasteiger partial charge in [-0.3, -0.25) is 4.79 Å². The van der Waals surface area contributed by atoms with Crippen molar-refractivity contribution in [2.75, 3.05) is 18.2 Å². The van der Waals surface area contributed by atoms with Gasteiger partial charge in [0.2, 0.25) is 0 Å². The number of halogens is 2. The molecule has 0 heterocycles. The molecule has 1 amide bonds. The summed E-state index contributed by atoms with van der Waals surface area (Å²) in [6.45, 7) is 0. The van der Waals surface area contributed by atoms with Gasteiger partial charge in [0.05, 0.1) is 23.5 Å². The van der Waals surface area contributed by atoms with Gasteiger partial charge >= 0.3 is 0 Å². The molecule has 0 unspecified atom stereocenters. The Hall–Kier alpha value is -1.72. The lowest BCUT2D eigenvalue weighted by atomic mass is 10.2. The molecule has 0 bridgehead atoms. The fourth-order valence-corrected chi connectivity index (χ4v) is 2.04. The molecule has 6 heteroatoms. The minimum absolute atomic E-state index is 0.281. The first-order valence-electron chi connectivity index (χ1n) is 5.71. The molecule has 0 spiro atoms. The highest BCUT2D eigenvalue weighted by molar-refractivity contribution is 9.10. The molecule has 104 valence electrons. The molecular formula is C14H12BrClN2O2. The quantitative estimate of drug-likeness (QED) is 0.820. The topological polar surface area (TPSA) is 64.3 Å². The Labute approximate surface area is 130 Å². The molecule has 0 saturated heterocycles. The second kappa shape index (κ2) is 6.15. The Morgan fingerprint density at radius 1 is 1.30 bits per heavy atom. The summed E-state index contributed by atoms with van der Waals surface area (Å²) in [6, 6.07) is 10.0. The summed E-state index contributed by atoms with van der Waals surface area (Å²) in [7, 11) is 1.55. The predicted molar refractivity (Wildman–Crippen MR) is 84.5 cm³/mol. The highest BCUT2D eigenvalue weighted by atomic mass is 79.9. The van der Waals surface area contributed by atoms with Crippen LogP contribution in [0.1, 0.15) is 10.4 Å². The van der Waals surface area contributed by atoms with E-state index in [1.165, 1.54) is 0 Å². The molecule has 2 aromatic rings. The van der Waals surface area contributed by atoms with E-state index in [4.69, 9.17) is 22.1 Å². The summed E-state index contributed by atoms with van der Waals surface area (Å²) in [5, 5.41) is 3.20. The second-order valence-corrected chi connectivity index (χ2v) is 5.30. The molecule has 2 rings (SSSR count). The van der Waals surface area contributed by atoms with Crippen molar-refractivity contribution in [3.63, 3.8) is 0 Å². The number of ether oxygens (including phenoxy) is 1. The van der Waals surface area contributed by atoms with Crippen molar-refractivity contribution in [3.05, 3.63) is 51.5 Å². The van der Waals surface area contributed by atoms with Crippen LogP contribution in [0, 0.1) is 0 Å². The Kier molecular flexibility index (Phi) is 4.52. The van der Waals surface area contributed by atoms with E-state index in [-0.39, 0.29) is 5.91 Å². The van der Waals surface area contributed by atoms with Crippen molar-refractivity contribution < 1.29 is 9.53 Å². The number of benzene rings is 2. The SMILES string of the molecule is COc1ccc(NC(=O)c2ccc(Br)c(Cl)c2)c(N)c1. The third kappa shape index (κ3) is 3.23. The summed E-state index contributed by atoms with van der Waals surface area (Å²) >= 11 is 9.24. The lowest BCUT2D eigenvalue weighted by Gasteiger charge is -2.10. The van der Waals surface area contributed by atoms with E-state index < -0.39 is 0 Å². The van der Waals surface area contributed by atoms with Gasteiger partial charge in [0.1, 0.15) is 5.75 Å². The number of anilines is 2. The van der Waals surface area contributed by atoms with E-state index in [9.17, 15) is 4.79 Å². The Bertz CT molecular complexity index is 662. The zero-order chi connectivity index (χ0) is 14.7. The van der Waals surface area contributed by atoms with Crippen molar-refractivity contribution in [2.24, 2.45) is 0 Å². The number of methoxy groups -OCH3 is 1. The summed E-state index contributed by atoms with van der Waals surface area (Å²) < 4.78 is 5.79. The first kappa shape index (κ1) is 14.7. The smallest absolute Gasteiger partial charge is 0.255 e. The van der Waals surface area contributed by atoms with Gasteiger partial charge in [0, 0.05) is 16.1 Å². The monoisotopic (exact) mass is 354 g/mol. The number of hydrogen-bond donors (Lipinski definition) is 2. The molecule has 0 fully saturated rings. The highest BCUT2D eigenvalue weighted by Crippen LogP contribution is 2.26. The Morgan fingerprint density at radius 2 is 2.05 bits per heavy atom. The van der Waals surface area contributed by atoms with Gasteiger partial charge < -0.3 is 15.8 Å².